The molecule has 0 bridgehead atoms. The highest BCUT2D eigenvalue weighted by atomic mass is 35.5. The van der Waals surface area contributed by atoms with E-state index < -0.39 is 0 Å². The molecule has 1 aromatic carbocycles. The van der Waals surface area contributed by atoms with E-state index in [0.717, 1.165) is 48.2 Å². The van der Waals surface area contributed by atoms with Crippen molar-refractivity contribution >= 4 is 23.2 Å². The molecular formula is C13H18Cl2N2. The maximum atomic E-state index is 6.18. The second-order valence-corrected chi connectivity index (χ2v) is 5.99. The SMILES string of the molecule is CC1(CN)CCN(Cc2c(Cl)cccc2Cl)C1. The zero-order valence-corrected chi connectivity index (χ0v) is 11.6. The van der Waals surface area contributed by atoms with E-state index in [1.807, 2.05) is 18.2 Å². The molecule has 0 radical (unpaired) electrons. The summed E-state index contributed by atoms with van der Waals surface area (Å²) < 4.78 is 0. The molecule has 1 heterocycles. The van der Waals surface area contributed by atoms with Crippen LogP contribution >= 0.6 is 23.2 Å². The minimum Gasteiger partial charge on any atom is -0.330 e. The molecule has 0 aliphatic carbocycles. The first kappa shape index (κ1) is 13.2. The Morgan fingerprint density at radius 2 is 2.00 bits per heavy atom. The van der Waals surface area contributed by atoms with Gasteiger partial charge >= 0.3 is 0 Å². The van der Waals surface area contributed by atoms with Gasteiger partial charge in [0.2, 0.25) is 0 Å². The molecule has 1 aliphatic rings. The topological polar surface area (TPSA) is 29.3 Å². The smallest absolute Gasteiger partial charge is 0.0465 e. The monoisotopic (exact) mass is 272 g/mol. The third kappa shape index (κ3) is 2.94. The lowest BCUT2D eigenvalue weighted by Gasteiger charge is -2.23. The molecule has 0 saturated carbocycles. The van der Waals surface area contributed by atoms with Crippen LogP contribution in [0, 0.1) is 5.41 Å². The second-order valence-electron chi connectivity index (χ2n) is 5.18. The highest BCUT2D eigenvalue weighted by Gasteiger charge is 2.32. The zero-order valence-electron chi connectivity index (χ0n) is 10.0. The molecule has 0 spiro atoms. The summed E-state index contributed by atoms with van der Waals surface area (Å²) in [5, 5.41) is 1.50. The van der Waals surface area contributed by atoms with E-state index in [9.17, 15) is 0 Å². The van der Waals surface area contributed by atoms with Crippen molar-refractivity contribution < 1.29 is 0 Å². The van der Waals surface area contributed by atoms with Crippen LogP contribution in [0.2, 0.25) is 10.0 Å². The van der Waals surface area contributed by atoms with Crippen molar-refractivity contribution in [3.05, 3.63) is 33.8 Å². The van der Waals surface area contributed by atoms with Crippen LogP contribution in [-0.2, 0) is 6.54 Å². The standard InChI is InChI=1S/C13H18Cl2N2/c1-13(8-16)5-6-17(9-13)7-10-11(14)3-2-4-12(10)15/h2-4H,5-9,16H2,1H3. The molecule has 2 rings (SSSR count). The molecule has 1 atom stereocenters. The predicted octanol–water partition coefficient (Wildman–Crippen LogP) is 3.16. The molecular weight excluding hydrogens is 255 g/mol. The Labute approximate surface area is 113 Å². The van der Waals surface area contributed by atoms with Gasteiger partial charge in [-0.3, -0.25) is 4.90 Å². The van der Waals surface area contributed by atoms with E-state index in [1.165, 1.54) is 0 Å². The molecule has 2 nitrogen and oxygen atoms in total. The van der Waals surface area contributed by atoms with E-state index in [-0.39, 0.29) is 5.41 Å². The summed E-state index contributed by atoms with van der Waals surface area (Å²) in [6.07, 6.45) is 1.14. The lowest BCUT2D eigenvalue weighted by Crippen LogP contribution is -2.31. The van der Waals surface area contributed by atoms with Gasteiger partial charge < -0.3 is 5.73 Å². The molecule has 0 aromatic heterocycles. The average Bonchev–Trinajstić information content (AvgIpc) is 2.67. The number of nitrogens with zero attached hydrogens (tertiary/aromatic N) is 1. The molecule has 1 fully saturated rings. The Balaban J connectivity index is 2.08. The fourth-order valence-electron chi connectivity index (χ4n) is 2.33. The first-order chi connectivity index (χ1) is 8.04. The Bertz CT molecular complexity index is 388. The Morgan fingerprint density at radius 1 is 1.35 bits per heavy atom. The largest absolute Gasteiger partial charge is 0.330 e. The van der Waals surface area contributed by atoms with E-state index in [2.05, 4.69) is 11.8 Å². The number of likely N-dealkylation sites (tertiary alicyclic amines) is 1. The zero-order chi connectivity index (χ0) is 12.5. The summed E-state index contributed by atoms with van der Waals surface area (Å²) in [6, 6.07) is 5.66. The second kappa shape index (κ2) is 5.15. The van der Waals surface area contributed by atoms with Gasteiger partial charge in [0.1, 0.15) is 0 Å². The summed E-state index contributed by atoms with van der Waals surface area (Å²) >= 11 is 12.4. The van der Waals surface area contributed by atoms with E-state index >= 15 is 0 Å². The van der Waals surface area contributed by atoms with Crippen LogP contribution in [0.1, 0.15) is 18.9 Å². The van der Waals surface area contributed by atoms with Gasteiger partial charge in [-0.2, -0.15) is 0 Å². The normalized spacial score (nSPS) is 25.4. The maximum Gasteiger partial charge on any atom is 0.0465 e. The number of benzene rings is 1. The highest BCUT2D eigenvalue weighted by Crippen LogP contribution is 2.32. The number of nitrogens with two attached hydrogens (primary N) is 1. The Hall–Kier alpha value is -0.280. The molecule has 1 aliphatic heterocycles. The molecule has 1 unspecified atom stereocenters. The first-order valence-corrected chi connectivity index (χ1v) is 6.65. The minimum absolute atomic E-state index is 0.244. The van der Waals surface area contributed by atoms with Crippen LogP contribution in [0.15, 0.2) is 18.2 Å². The average molecular weight is 273 g/mol. The van der Waals surface area contributed by atoms with Gasteiger partial charge in [0, 0.05) is 28.7 Å². The summed E-state index contributed by atoms with van der Waals surface area (Å²) in [7, 11) is 0. The van der Waals surface area contributed by atoms with E-state index in [0.29, 0.717) is 0 Å². The van der Waals surface area contributed by atoms with Crippen molar-refractivity contribution in [2.75, 3.05) is 19.6 Å². The van der Waals surface area contributed by atoms with Crippen molar-refractivity contribution in [1.29, 1.82) is 0 Å². The molecule has 94 valence electrons. The van der Waals surface area contributed by atoms with Crippen molar-refractivity contribution in [2.45, 2.75) is 19.9 Å². The van der Waals surface area contributed by atoms with Crippen LogP contribution in [-0.4, -0.2) is 24.5 Å². The van der Waals surface area contributed by atoms with Crippen LogP contribution in [0.5, 0.6) is 0 Å². The van der Waals surface area contributed by atoms with Crippen molar-refractivity contribution in [3.63, 3.8) is 0 Å². The Morgan fingerprint density at radius 3 is 2.53 bits per heavy atom. The van der Waals surface area contributed by atoms with Crippen LogP contribution in [0.4, 0.5) is 0 Å². The number of hydrogen-bond acceptors (Lipinski definition) is 2. The molecule has 0 amide bonds. The van der Waals surface area contributed by atoms with Gasteiger partial charge in [0.25, 0.3) is 0 Å². The fraction of sp³-hybridized carbons (Fsp3) is 0.538. The van der Waals surface area contributed by atoms with Gasteiger partial charge in [-0.1, -0.05) is 36.2 Å². The van der Waals surface area contributed by atoms with Crippen molar-refractivity contribution in [2.24, 2.45) is 11.1 Å². The number of hydrogen-bond donors (Lipinski definition) is 1. The van der Waals surface area contributed by atoms with Crippen LogP contribution < -0.4 is 5.73 Å². The minimum atomic E-state index is 0.244. The summed E-state index contributed by atoms with van der Waals surface area (Å²) in [5.74, 6) is 0. The molecule has 4 heteroatoms. The van der Waals surface area contributed by atoms with Crippen LogP contribution in [0.25, 0.3) is 0 Å². The lowest BCUT2D eigenvalue weighted by molar-refractivity contribution is 0.274. The van der Waals surface area contributed by atoms with Gasteiger partial charge in [0.05, 0.1) is 0 Å². The van der Waals surface area contributed by atoms with Crippen molar-refractivity contribution in [1.82, 2.24) is 4.90 Å². The summed E-state index contributed by atoms with van der Waals surface area (Å²) in [4.78, 5) is 2.37. The molecule has 1 saturated heterocycles. The first-order valence-electron chi connectivity index (χ1n) is 5.89. The van der Waals surface area contributed by atoms with Gasteiger partial charge in [-0.25, -0.2) is 0 Å². The summed E-state index contributed by atoms with van der Waals surface area (Å²) in [6.45, 7) is 5.87. The quantitative estimate of drug-likeness (QED) is 0.916. The van der Waals surface area contributed by atoms with Gasteiger partial charge in [-0.15, -0.1) is 0 Å². The van der Waals surface area contributed by atoms with Crippen LogP contribution in [0.3, 0.4) is 0 Å². The van der Waals surface area contributed by atoms with Gasteiger partial charge in [0.15, 0.2) is 0 Å². The number of halogens is 2. The Kier molecular flexibility index (Phi) is 3.99. The van der Waals surface area contributed by atoms with E-state index in [1.54, 1.807) is 0 Å². The number of rotatable bonds is 3. The maximum absolute atomic E-state index is 6.18. The van der Waals surface area contributed by atoms with Gasteiger partial charge in [-0.05, 0) is 37.1 Å². The predicted molar refractivity (Wildman–Crippen MR) is 73.5 cm³/mol. The molecule has 1 aromatic rings. The fourth-order valence-corrected chi connectivity index (χ4v) is 2.85. The van der Waals surface area contributed by atoms with Crippen molar-refractivity contribution in [3.8, 4) is 0 Å². The highest BCUT2D eigenvalue weighted by molar-refractivity contribution is 6.35. The summed E-state index contributed by atoms with van der Waals surface area (Å²) in [5.41, 5.74) is 7.07. The lowest BCUT2D eigenvalue weighted by atomic mass is 9.90. The van der Waals surface area contributed by atoms with E-state index in [4.69, 9.17) is 28.9 Å². The molecule has 2 N–H and O–H groups in total. The third-order valence-corrected chi connectivity index (χ3v) is 4.28. The molecule has 17 heavy (non-hydrogen) atoms. The third-order valence-electron chi connectivity index (χ3n) is 3.57.